The van der Waals surface area contributed by atoms with Crippen LogP contribution in [-0.2, 0) is 5.41 Å². The van der Waals surface area contributed by atoms with Crippen molar-refractivity contribution >= 4 is 33.6 Å². The van der Waals surface area contributed by atoms with Crippen LogP contribution in [0.5, 0.6) is 0 Å². The number of aryl methyl sites for hydroxylation is 1. The number of hydrogen-bond acceptors (Lipinski definition) is 5. The van der Waals surface area contributed by atoms with Gasteiger partial charge < -0.3 is 5.32 Å². The number of hydrazone groups is 1. The van der Waals surface area contributed by atoms with Crippen LogP contribution in [0.2, 0.25) is 0 Å². The molecule has 0 aliphatic heterocycles. The van der Waals surface area contributed by atoms with Crippen molar-refractivity contribution in [3.63, 3.8) is 0 Å². The number of amides is 1. The van der Waals surface area contributed by atoms with Crippen molar-refractivity contribution in [3.8, 4) is 11.3 Å². The first kappa shape index (κ1) is 24.3. The van der Waals surface area contributed by atoms with Gasteiger partial charge >= 0.3 is 0 Å². The van der Waals surface area contributed by atoms with E-state index in [0.29, 0.717) is 21.4 Å². The minimum atomic E-state index is -0.392. The summed E-state index contributed by atoms with van der Waals surface area (Å²) in [7, 11) is 0. The van der Waals surface area contributed by atoms with Crippen LogP contribution in [0.4, 0.5) is 14.5 Å². The van der Waals surface area contributed by atoms with E-state index in [4.69, 9.17) is 0 Å². The molecule has 0 bridgehead atoms. The van der Waals surface area contributed by atoms with Crippen LogP contribution in [0.25, 0.3) is 11.3 Å². The van der Waals surface area contributed by atoms with Crippen LogP contribution in [0.1, 0.15) is 47.8 Å². The molecule has 0 unspecified atom stereocenters. The number of rotatable bonds is 6. The smallest absolute Gasteiger partial charge is 0.256 e. The highest BCUT2D eigenvalue weighted by molar-refractivity contribution is 7.20. The van der Waals surface area contributed by atoms with E-state index in [1.54, 1.807) is 6.21 Å². The van der Waals surface area contributed by atoms with Crippen molar-refractivity contribution in [1.29, 1.82) is 0 Å². The highest BCUT2D eigenvalue weighted by Gasteiger charge is 2.17. The summed E-state index contributed by atoms with van der Waals surface area (Å²) in [6, 6.07) is 21.6. The predicted molar refractivity (Wildman–Crippen MR) is 143 cm³/mol. The van der Waals surface area contributed by atoms with Gasteiger partial charge in [-0.05, 0) is 47.7 Å². The number of aromatic nitrogens is 1. The molecule has 0 radical (unpaired) electrons. The fraction of sp³-hybridized carbons (Fsp3) is 0.179. The van der Waals surface area contributed by atoms with Gasteiger partial charge in [0.15, 0.2) is 0 Å². The highest BCUT2D eigenvalue weighted by Crippen LogP contribution is 2.36. The summed E-state index contributed by atoms with van der Waals surface area (Å²) in [5.41, 5.74) is 8.29. The zero-order valence-corrected chi connectivity index (χ0v) is 20.9. The monoisotopic (exact) mass is 486 g/mol. The van der Waals surface area contributed by atoms with E-state index in [2.05, 4.69) is 53.7 Å². The normalized spacial score (nSPS) is 11.6. The zero-order valence-electron chi connectivity index (χ0n) is 20.1. The summed E-state index contributed by atoms with van der Waals surface area (Å²) in [5.74, 6) is -0.729. The average molecular weight is 487 g/mol. The van der Waals surface area contributed by atoms with Crippen LogP contribution < -0.4 is 10.7 Å². The molecule has 4 rings (SSSR count). The van der Waals surface area contributed by atoms with Crippen molar-refractivity contribution in [2.45, 2.75) is 33.1 Å². The van der Waals surface area contributed by atoms with Crippen molar-refractivity contribution in [1.82, 2.24) is 4.98 Å². The lowest BCUT2D eigenvalue weighted by molar-refractivity contribution is 0.102. The average Bonchev–Trinajstić information content (AvgIpc) is 3.22. The second kappa shape index (κ2) is 10.2. The van der Waals surface area contributed by atoms with E-state index in [1.165, 1.54) is 41.2 Å². The quantitative estimate of drug-likeness (QED) is 0.223. The molecule has 0 saturated carbocycles. The Morgan fingerprint density at radius 2 is 1.63 bits per heavy atom. The third kappa shape index (κ3) is 6.19. The standard InChI is InChI=1S/C28H27FN4OS/c1-18-5-9-20(10-6-18)24-26(32-25(34)21-11-15-23(29)16-12-21)35-27(31-24)33-30-17-19-7-13-22(14-8-19)28(2,3)4/h5-17H,1-4H3,(H,31,33)(H,32,34). The molecule has 1 heterocycles. The lowest BCUT2D eigenvalue weighted by Gasteiger charge is -2.18. The number of nitrogens with zero attached hydrogens (tertiary/aromatic N) is 2. The summed E-state index contributed by atoms with van der Waals surface area (Å²) in [4.78, 5) is 17.4. The third-order valence-electron chi connectivity index (χ3n) is 5.44. The molecule has 1 amide bonds. The number of carbonyl (C=O) groups is 1. The van der Waals surface area contributed by atoms with Crippen LogP contribution >= 0.6 is 11.3 Å². The van der Waals surface area contributed by atoms with Crippen LogP contribution in [0.15, 0.2) is 77.9 Å². The molecule has 178 valence electrons. The number of thiazole rings is 1. The molecule has 1 aromatic heterocycles. The number of hydrogen-bond donors (Lipinski definition) is 2. The van der Waals surface area contributed by atoms with Gasteiger partial charge in [-0.3, -0.25) is 10.2 Å². The SMILES string of the molecule is Cc1ccc(-c2nc(NN=Cc3ccc(C(C)(C)C)cc3)sc2NC(=O)c2ccc(F)cc2)cc1. The highest BCUT2D eigenvalue weighted by atomic mass is 32.1. The Kier molecular flexibility index (Phi) is 7.07. The Morgan fingerprint density at radius 1 is 0.971 bits per heavy atom. The Balaban J connectivity index is 1.55. The topological polar surface area (TPSA) is 66.4 Å². The maximum absolute atomic E-state index is 13.2. The van der Waals surface area contributed by atoms with Gasteiger partial charge in [-0.1, -0.05) is 86.2 Å². The first-order valence-electron chi connectivity index (χ1n) is 11.2. The van der Waals surface area contributed by atoms with Gasteiger partial charge in [-0.15, -0.1) is 0 Å². The Bertz CT molecular complexity index is 1340. The summed E-state index contributed by atoms with van der Waals surface area (Å²) >= 11 is 1.28. The summed E-state index contributed by atoms with van der Waals surface area (Å²) in [6.45, 7) is 8.55. The van der Waals surface area contributed by atoms with Crippen LogP contribution in [0, 0.1) is 12.7 Å². The van der Waals surface area contributed by atoms with Gasteiger partial charge in [-0.2, -0.15) is 5.10 Å². The molecule has 0 saturated heterocycles. The fourth-order valence-electron chi connectivity index (χ4n) is 3.37. The Labute approximate surface area is 208 Å². The summed E-state index contributed by atoms with van der Waals surface area (Å²) < 4.78 is 13.2. The van der Waals surface area contributed by atoms with Gasteiger partial charge in [0.05, 0.1) is 6.21 Å². The molecular formula is C28H27FN4OS. The minimum Gasteiger partial charge on any atom is -0.312 e. The van der Waals surface area contributed by atoms with Gasteiger partial charge in [0.1, 0.15) is 16.5 Å². The van der Waals surface area contributed by atoms with E-state index in [0.717, 1.165) is 16.7 Å². The van der Waals surface area contributed by atoms with Crippen molar-refractivity contribution in [2.75, 3.05) is 10.7 Å². The second-order valence-corrected chi connectivity index (χ2v) is 10.3. The van der Waals surface area contributed by atoms with Gasteiger partial charge in [0, 0.05) is 11.1 Å². The molecule has 0 fully saturated rings. The number of nitrogens with one attached hydrogen (secondary N) is 2. The molecule has 7 heteroatoms. The number of benzene rings is 3. The van der Waals surface area contributed by atoms with Crippen molar-refractivity contribution < 1.29 is 9.18 Å². The fourth-order valence-corrected chi connectivity index (χ4v) is 4.20. The third-order valence-corrected chi connectivity index (χ3v) is 6.31. The van der Waals surface area contributed by atoms with E-state index >= 15 is 0 Å². The van der Waals surface area contributed by atoms with Crippen molar-refractivity contribution in [3.05, 3.63) is 101 Å². The van der Waals surface area contributed by atoms with E-state index in [-0.39, 0.29) is 11.3 Å². The van der Waals surface area contributed by atoms with E-state index in [9.17, 15) is 9.18 Å². The van der Waals surface area contributed by atoms with E-state index < -0.39 is 5.82 Å². The minimum absolute atomic E-state index is 0.0932. The molecule has 0 aliphatic rings. The number of halogens is 1. The molecule has 0 atom stereocenters. The molecule has 3 aromatic carbocycles. The zero-order chi connectivity index (χ0) is 25.0. The second-order valence-electron chi connectivity index (χ2n) is 9.27. The maximum atomic E-state index is 13.2. The Morgan fingerprint density at radius 3 is 2.26 bits per heavy atom. The van der Waals surface area contributed by atoms with Gasteiger partial charge in [0.25, 0.3) is 5.91 Å². The largest absolute Gasteiger partial charge is 0.312 e. The van der Waals surface area contributed by atoms with Gasteiger partial charge in [0.2, 0.25) is 5.13 Å². The predicted octanol–water partition coefficient (Wildman–Crippen LogP) is 7.25. The Hall–Kier alpha value is -3.84. The lowest BCUT2D eigenvalue weighted by atomic mass is 9.87. The van der Waals surface area contributed by atoms with Crippen molar-refractivity contribution in [2.24, 2.45) is 5.10 Å². The first-order valence-corrected chi connectivity index (χ1v) is 12.0. The molecule has 0 spiro atoms. The molecular weight excluding hydrogens is 459 g/mol. The molecule has 35 heavy (non-hydrogen) atoms. The van der Waals surface area contributed by atoms with E-state index in [1.807, 2.05) is 43.3 Å². The number of carbonyl (C=O) groups excluding carboxylic acids is 1. The first-order chi connectivity index (χ1) is 16.7. The molecule has 5 nitrogen and oxygen atoms in total. The number of anilines is 2. The summed E-state index contributed by atoms with van der Waals surface area (Å²) in [6.07, 6.45) is 1.73. The maximum Gasteiger partial charge on any atom is 0.256 e. The molecule has 0 aliphatic carbocycles. The lowest BCUT2D eigenvalue weighted by Crippen LogP contribution is -2.11. The molecule has 4 aromatic rings. The molecule has 2 N–H and O–H groups in total. The van der Waals surface area contributed by atoms with Crippen LogP contribution in [-0.4, -0.2) is 17.1 Å². The van der Waals surface area contributed by atoms with Gasteiger partial charge in [-0.25, -0.2) is 9.37 Å². The summed E-state index contributed by atoms with van der Waals surface area (Å²) in [5, 5.41) is 8.36. The van der Waals surface area contributed by atoms with Crippen LogP contribution in [0.3, 0.4) is 0 Å².